The summed E-state index contributed by atoms with van der Waals surface area (Å²) in [6, 6.07) is 12.9. The first-order chi connectivity index (χ1) is 18.6. The Bertz CT molecular complexity index is 1280. The standard InChI is InChI=1S/C26H21F10NO3/c27-23(28)26(35,36)40-18-7-2-4-15(11-18)12-19-20(37-13-22(38)25(32,33)34)8-3-9-21(19)39-14-16-5-1-6-17(10-16)24(29,30)31/h1-11,22-23,37-38H,12-14H2. The van der Waals surface area contributed by atoms with Gasteiger partial charge in [-0.1, -0.05) is 30.3 Å². The highest BCUT2D eigenvalue weighted by atomic mass is 19.4. The summed E-state index contributed by atoms with van der Waals surface area (Å²) in [5.74, 6) is -0.611. The molecule has 0 bridgehead atoms. The van der Waals surface area contributed by atoms with Crippen molar-refractivity contribution in [3.05, 3.63) is 89.0 Å². The normalized spacial score (nSPS) is 13.3. The van der Waals surface area contributed by atoms with E-state index in [2.05, 4.69) is 10.1 Å². The molecule has 1 unspecified atom stereocenters. The van der Waals surface area contributed by atoms with E-state index in [9.17, 15) is 49.0 Å². The number of benzene rings is 3. The van der Waals surface area contributed by atoms with Crippen molar-refractivity contribution in [1.82, 2.24) is 0 Å². The number of halogens is 10. The Hall–Kier alpha value is -3.68. The van der Waals surface area contributed by atoms with Crippen LogP contribution in [-0.2, 0) is 19.2 Å². The number of nitrogens with one attached hydrogen (secondary N) is 1. The van der Waals surface area contributed by atoms with E-state index in [-0.39, 0.29) is 41.2 Å². The second-order valence-corrected chi connectivity index (χ2v) is 8.50. The van der Waals surface area contributed by atoms with Crippen molar-refractivity contribution in [1.29, 1.82) is 0 Å². The van der Waals surface area contributed by atoms with Gasteiger partial charge >= 0.3 is 24.9 Å². The summed E-state index contributed by atoms with van der Waals surface area (Å²) in [6.45, 7) is -1.35. The maximum Gasteiger partial charge on any atom is 0.461 e. The number of anilines is 1. The molecular weight excluding hydrogens is 564 g/mol. The summed E-state index contributed by atoms with van der Waals surface area (Å²) in [6.07, 6.45) is -21.4. The molecule has 3 rings (SSSR count). The monoisotopic (exact) mass is 585 g/mol. The summed E-state index contributed by atoms with van der Waals surface area (Å²) in [7, 11) is 0. The molecule has 0 aliphatic carbocycles. The Labute approximate surface area is 221 Å². The molecule has 4 nitrogen and oxygen atoms in total. The molecule has 14 heteroatoms. The van der Waals surface area contributed by atoms with E-state index in [1.165, 1.54) is 42.5 Å². The van der Waals surface area contributed by atoms with Crippen LogP contribution in [0.5, 0.6) is 11.5 Å². The Morgan fingerprint density at radius 2 is 1.45 bits per heavy atom. The molecule has 3 aromatic rings. The third kappa shape index (κ3) is 8.41. The molecular formula is C26H21F10NO3. The van der Waals surface area contributed by atoms with Crippen LogP contribution < -0.4 is 14.8 Å². The zero-order valence-corrected chi connectivity index (χ0v) is 20.2. The van der Waals surface area contributed by atoms with Crippen molar-refractivity contribution < 1.29 is 58.5 Å². The van der Waals surface area contributed by atoms with Crippen LogP contribution in [0, 0.1) is 0 Å². The van der Waals surface area contributed by atoms with Gasteiger partial charge in [-0.25, -0.2) is 0 Å². The highest BCUT2D eigenvalue weighted by Crippen LogP contribution is 2.34. The van der Waals surface area contributed by atoms with Gasteiger partial charge in [0.15, 0.2) is 6.10 Å². The van der Waals surface area contributed by atoms with Crippen molar-refractivity contribution in [2.75, 3.05) is 11.9 Å². The van der Waals surface area contributed by atoms with Gasteiger partial charge in [-0.05, 0) is 47.5 Å². The third-order valence-electron chi connectivity index (χ3n) is 5.43. The van der Waals surface area contributed by atoms with Crippen molar-refractivity contribution in [3.8, 4) is 11.5 Å². The van der Waals surface area contributed by atoms with Gasteiger partial charge in [-0.2, -0.15) is 43.9 Å². The average Bonchev–Trinajstić information content (AvgIpc) is 2.86. The van der Waals surface area contributed by atoms with Crippen molar-refractivity contribution in [3.63, 3.8) is 0 Å². The van der Waals surface area contributed by atoms with Crippen LogP contribution in [0.2, 0.25) is 0 Å². The largest absolute Gasteiger partial charge is 0.489 e. The third-order valence-corrected chi connectivity index (χ3v) is 5.43. The molecule has 0 saturated heterocycles. The maximum atomic E-state index is 13.4. The number of hydrogen-bond donors (Lipinski definition) is 2. The number of ether oxygens (including phenoxy) is 2. The minimum absolute atomic E-state index is 0.00754. The van der Waals surface area contributed by atoms with Gasteiger partial charge in [-0.3, -0.25) is 0 Å². The van der Waals surface area contributed by atoms with Gasteiger partial charge in [0.2, 0.25) is 0 Å². The first kappa shape index (κ1) is 30.9. The highest BCUT2D eigenvalue weighted by Gasteiger charge is 2.44. The van der Waals surface area contributed by atoms with Gasteiger partial charge in [0.25, 0.3) is 0 Å². The SMILES string of the molecule is OC(CNc1cccc(OCc2cccc(C(F)(F)F)c2)c1Cc1cccc(OC(F)(F)C(F)F)c1)C(F)(F)F. The van der Waals surface area contributed by atoms with Gasteiger partial charge in [-0.15, -0.1) is 0 Å². The number of aliphatic hydroxyl groups is 1. The van der Waals surface area contributed by atoms with Crippen LogP contribution in [0.1, 0.15) is 22.3 Å². The zero-order valence-electron chi connectivity index (χ0n) is 20.2. The predicted molar refractivity (Wildman–Crippen MR) is 124 cm³/mol. The number of aliphatic hydroxyl groups excluding tert-OH is 1. The number of rotatable bonds is 11. The molecule has 0 heterocycles. The van der Waals surface area contributed by atoms with E-state index in [0.717, 1.165) is 24.3 Å². The topological polar surface area (TPSA) is 50.7 Å². The molecule has 0 radical (unpaired) electrons. The summed E-state index contributed by atoms with van der Waals surface area (Å²) >= 11 is 0. The Morgan fingerprint density at radius 3 is 2.10 bits per heavy atom. The first-order valence-corrected chi connectivity index (χ1v) is 11.4. The molecule has 0 aliphatic rings. The van der Waals surface area contributed by atoms with E-state index in [0.29, 0.717) is 0 Å². The lowest BCUT2D eigenvalue weighted by Gasteiger charge is -2.21. The zero-order chi connectivity index (χ0) is 29.7. The number of hydrogen-bond acceptors (Lipinski definition) is 4. The van der Waals surface area contributed by atoms with E-state index < -0.39 is 48.8 Å². The summed E-state index contributed by atoms with van der Waals surface area (Å²) in [5.41, 5.74) is -0.452. The molecule has 40 heavy (non-hydrogen) atoms. The maximum absolute atomic E-state index is 13.4. The highest BCUT2D eigenvalue weighted by molar-refractivity contribution is 5.59. The molecule has 0 amide bonds. The molecule has 1 atom stereocenters. The van der Waals surface area contributed by atoms with Crippen LogP contribution in [-0.4, -0.2) is 36.5 Å². The van der Waals surface area contributed by atoms with E-state index >= 15 is 0 Å². The van der Waals surface area contributed by atoms with E-state index in [1.807, 2.05) is 0 Å². The molecule has 3 aromatic carbocycles. The van der Waals surface area contributed by atoms with Gasteiger partial charge in [0, 0.05) is 24.2 Å². The van der Waals surface area contributed by atoms with Gasteiger partial charge in [0.05, 0.1) is 5.56 Å². The predicted octanol–water partition coefficient (Wildman–Crippen LogP) is 7.45. The summed E-state index contributed by atoms with van der Waals surface area (Å²) in [5, 5.41) is 11.8. The van der Waals surface area contributed by atoms with Crippen LogP contribution in [0.25, 0.3) is 0 Å². The lowest BCUT2D eigenvalue weighted by Crippen LogP contribution is -2.35. The fraction of sp³-hybridized carbons (Fsp3) is 0.308. The Kier molecular flexibility index (Phi) is 9.44. The molecule has 0 aromatic heterocycles. The minimum Gasteiger partial charge on any atom is -0.489 e. The second-order valence-electron chi connectivity index (χ2n) is 8.50. The Balaban J connectivity index is 1.92. The van der Waals surface area contributed by atoms with E-state index in [4.69, 9.17) is 4.74 Å². The van der Waals surface area contributed by atoms with Gasteiger partial charge < -0.3 is 19.9 Å². The fourth-order valence-electron chi connectivity index (χ4n) is 3.49. The van der Waals surface area contributed by atoms with Crippen LogP contribution >= 0.6 is 0 Å². The Morgan fingerprint density at radius 1 is 0.800 bits per heavy atom. The lowest BCUT2D eigenvalue weighted by molar-refractivity contribution is -0.253. The molecule has 218 valence electrons. The number of alkyl halides is 10. The lowest BCUT2D eigenvalue weighted by atomic mass is 10.0. The van der Waals surface area contributed by atoms with Crippen LogP contribution in [0.15, 0.2) is 66.7 Å². The van der Waals surface area contributed by atoms with Crippen molar-refractivity contribution >= 4 is 5.69 Å². The second kappa shape index (κ2) is 12.2. The molecule has 0 saturated carbocycles. The van der Waals surface area contributed by atoms with Crippen LogP contribution in [0.4, 0.5) is 49.6 Å². The molecule has 0 aliphatic heterocycles. The minimum atomic E-state index is -4.94. The van der Waals surface area contributed by atoms with Gasteiger partial charge in [0.1, 0.15) is 18.1 Å². The first-order valence-electron chi connectivity index (χ1n) is 11.4. The van der Waals surface area contributed by atoms with Crippen molar-refractivity contribution in [2.45, 2.75) is 44.0 Å². The summed E-state index contributed by atoms with van der Waals surface area (Å²) < 4.78 is 139. The van der Waals surface area contributed by atoms with Crippen LogP contribution in [0.3, 0.4) is 0 Å². The quantitative estimate of drug-likeness (QED) is 0.230. The van der Waals surface area contributed by atoms with Crippen molar-refractivity contribution in [2.24, 2.45) is 0 Å². The molecule has 0 spiro atoms. The smallest absolute Gasteiger partial charge is 0.461 e. The molecule has 2 N–H and O–H groups in total. The summed E-state index contributed by atoms with van der Waals surface area (Å²) in [4.78, 5) is 0. The average molecular weight is 585 g/mol. The fourth-order valence-corrected chi connectivity index (χ4v) is 3.49. The van der Waals surface area contributed by atoms with E-state index in [1.54, 1.807) is 0 Å². The molecule has 0 fully saturated rings.